The lowest BCUT2D eigenvalue weighted by Crippen LogP contribution is -2.56. The lowest BCUT2D eigenvalue weighted by Gasteiger charge is -2.44. The maximum Gasteiger partial charge on any atom is 0.257 e. The van der Waals surface area contributed by atoms with Crippen LogP contribution in [-0.2, 0) is 4.79 Å². The number of rotatable bonds is 1. The van der Waals surface area contributed by atoms with Gasteiger partial charge in [0.15, 0.2) is 0 Å². The van der Waals surface area contributed by atoms with Gasteiger partial charge >= 0.3 is 0 Å². The van der Waals surface area contributed by atoms with E-state index in [0.717, 1.165) is 19.3 Å². The van der Waals surface area contributed by atoms with Crippen LogP contribution < -0.4 is 11.1 Å². The fourth-order valence-corrected chi connectivity index (χ4v) is 2.33. The molecule has 0 aromatic carbocycles. The number of carbonyl (C=O) groups excluding carboxylic acids is 1. The van der Waals surface area contributed by atoms with Crippen LogP contribution in [0.25, 0.3) is 0 Å². The van der Waals surface area contributed by atoms with E-state index >= 15 is 0 Å². The Morgan fingerprint density at radius 3 is 2.42 bits per heavy atom. The molecule has 3 nitrogen and oxygen atoms in total. The monoisotopic (exact) mass is 172 g/mol. The van der Waals surface area contributed by atoms with E-state index in [9.17, 15) is 9.18 Å². The molecule has 1 spiro atoms. The lowest BCUT2D eigenvalue weighted by molar-refractivity contribution is -0.140. The second kappa shape index (κ2) is 2.19. The topological polar surface area (TPSA) is 55.1 Å². The molecule has 3 N–H and O–H groups in total. The molecule has 1 aliphatic carbocycles. The van der Waals surface area contributed by atoms with Gasteiger partial charge in [-0.05, 0) is 12.8 Å². The average molecular weight is 172 g/mol. The number of alkyl halides is 1. The van der Waals surface area contributed by atoms with Gasteiger partial charge in [0.2, 0.25) is 5.67 Å². The van der Waals surface area contributed by atoms with Crippen LogP contribution in [0.3, 0.4) is 0 Å². The van der Waals surface area contributed by atoms with Gasteiger partial charge in [0.05, 0.1) is 0 Å². The van der Waals surface area contributed by atoms with Crippen molar-refractivity contribution in [1.82, 2.24) is 5.32 Å². The summed E-state index contributed by atoms with van der Waals surface area (Å²) in [6, 6.07) is 0. The summed E-state index contributed by atoms with van der Waals surface area (Å²) in [4.78, 5) is 10.9. The number of primary amides is 1. The third-order valence-electron chi connectivity index (χ3n) is 3.37. The Bertz CT molecular complexity index is 227. The molecule has 2 rings (SSSR count). The van der Waals surface area contributed by atoms with Crippen molar-refractivity contribution >= 4 is 5.91 Å². The van der Waals surface area contributed by atoms with Gasteiger partial charge in [0.1, 0.15) is 0 Å². The first-order valence-electron chi connectivity index (χ1n) is 4.30. The molecular weight excluding hydrogens is 159 g/mol. The van der Waals surface area contributed by atoms with Crippen LogP contribution in [0.1, 0.15) is 19.3 Å². The Balaban J connectivity index is 2.29. The molecular formula is C8H13FN2O. The molecule has 1 heterocycles. The third kappa shape index (κ3) is 0.710. The van der Waals surface area contributed by atoms with Crippen molar-refractivity contribution in [3.63, 3.8) is 0 Å². The van der Waals surface area contributed by atoms with E-state index < -0.39 is 17.0 Å². The zero-order valence-electron chi connectivity index (χ0n) is 6.90. The van der Waals surface area contributed by atoms with E-state index in [2.05, 4.69) is 5.32 Å². The SMILES string of the molecule is NC(=O)C1(F)CNCC12CCC2. The zero-order valence-corrected chi connectivity index (χ0v) is 6.90. The molecule has 1 unspecified atom stereocenters. The van der Waals surface area contributed by atoms with Gasteiger partial charge in [-0.1, -0.05) is 6.42 Å². The van der Waals surface area contributed by atoms with Crippen molar-refractivity contribution in [2.75, 3.05) is 13.1 Å². The summed E-state index contributed by atoms with van der Waals surface area (Å²) in [6.45, 7) is 0.703. The molecule has 1 aliphatic heterocycles. The minimum Gasteiger partial charge on any atom is -0.367 e. The summed E-state index contributed by atoms with van der Waals surface area (Å²) in [7, 11) is 0. The van der Waals surface area contributed by atoms with Gasteiger partial charge in [0.25, 0.3) is 5.91 Å². The number of carbonyl (C=O) groups is 1. The van der Waals surface area contributed by atoms with Crippen molar-refractivity contribution in [1.29, 1.82) is 0 Å². The van der Waals surface area contributed by atoms with Crippen LogP contribution in [0, 0.1) is 5.41 Å². The highest BCUT2D eigenvalue weighted by Gasteiger charge is 2.62. The molecule has 1 saturated heterocycles. The number of halogens is 1. The second-order valence-electron chi connectivity index (χ2n) is 3.90. The quantitative estimate of drug-likeness (QED) is 0.582. The molecule has 0 aromatic rings. The zero-order chi connectivity index (χ0) is 8.82. The summed E-state index contributed by atoms with van der Waals surface area (Å²) < 4.78 is 14.0. The Morgan fingerprint density at radius 1 is 1.42 bits per heavy atom. The molecule has 68 valence electrons. The normalized spacial score (nSPS) is 38.1. The highest BCUT2D eigenvalue weighted by Crippen LogP contribution is 2.53. The number of amides is 1. The summed E-state index contributed by atoms with van der Waals surface area (Å²) in [5.41, 5.74) is 2.82. The van der Waals surface area contributed by atoms with Crippen LogP contribution in [0.5, 0.6) is 0 Å². The van der Waals surface area contributed by atoms with Crippen molar-refractivity contribution in [2.45, 2.75) is 24.9 Å². The first-order chi connectivity index (χ1) is 5.61. The largest absolute Gasteiger partial charge is 0.367 e. The van der Waals surface area contributed by atoms with Crippen LogP contribution >= 0.6 is 0 Å². The molecule has 0 aromatic heterocycles. The predicted octanol–water partition coefficient (Wildman–Crippen LogP) is -0.0465. The molecule has 0 bridgehead atoms. The summed E-state index contributed by atoms with van der Waals surface area (Å²) in [6.07, 6.45) is 2.60. The van der Waals surface area contributed by atoms with Crippen LogP contribution in [0.4, 0.5) is 4.39 Å². The van der Waals surface area contributed by atoms with E-state index in [1.807, 2.05) is 0 Å². The Kier molecular flexibility index (Phi) is 1.46. The maximum atomic E-state index is 14.0. The van der Waals surface area contributed by atoms with E-state index in [-0.39, 0.29) is 6.54 Å². The van der Waals surface area contributed by atoms with Gasteiger partial charge in [-0.15, -0.1) is 0 Å². The molecule has 4 heteroatoms. The minimum absolute atomic E-state index is 0.0995. The van der Waals surface area contributed by atoms with Gasteiger partial charge < -0.3 is 11.1 Å². The van der Waals surface area contributed by atoms with Gasteiger partial charge in [0, 0.05) is 18.5 Å². The smallest absolute Gasteiger partial charge is 0.257 e. The standard InChI is InChI=1S/C8H13FN2O/c9-8(6(10)12)5-11-4-7(8)2-1-3-7/h11H,1-5H2,(H2,10,12). The molecule has 2 fully saturated rings. The minimum atomic E-state index is -1.79. The van der Waals surface area contributed by atoms with Crippen LogP contribution in [0.15, 0.2) is 0 Å². The number of hydrogen-bond donors (Lipinski definition) is 2. The van der Waals surface area contributed by atoms with E-state index in [0.29, 0.717) is 6.54 Å². The first kappa shape index (κ1) is 7.98. The van der Waals surface area contributed by atoms with E-state index in [1.54, 1.807) is 0 Å². The number of hydrogen-bond acceptors (Lipinski definition) is 2. The highest BCUT2D eigenvalue weighted by atomic mass is 19.1. The van der Waals surface area contributed by atoms with Crippen LogP contribution in [0.2, 0.25) is 0 Å². The van der Waals surface area contributed by atoms with E-state index in [4.69, 9.17) is 5.73 Å². The Labute approximate surface area is 70.5 Å². The van der Waals surface area contributed by atoms with Crippen LogP contribution in [-0.4, -0.2) is 24.7 Å². The molecule has 0 radical (unpaired) electrons. The maximum absolute atomic E-state index is 14.0. The number of nitrogens with two attached hydrogens (primary N) is 1. The van der Waals surface area contributed by atoms with Gasteiger partial charge in [-0.25, -0.2) is 4.39 Å². The summed E-state index contributed by atoms with van der Waals surface area (Å²) in [5, 5.41) is 2.91. The average Bonchev–Trinajstić information content (AvgIpc) is 2.26. The van der Waals surface area contributed by atoms with Gasteiger partial charge in [-0.2, -0.15) is 0 Å². The van der Waals surface area contributed by atoms with Gasteiger partial charge in [-0.3, -0.25) is 4.79 Å². The molecule has 2 aliphatic rings. The fourth-order valence-electron chi connectivity index (χ4n) is 2.33. The molecule has 1 saturated carbocycles. The molecule has 12 heavy (non-hydrogen) atoms. The van der Waals surface area contributed by atoms with Crippen molar-refractivity contribution in [2.24, 2.45) is 11.1 Å². The third-order valence-corrected chi connectivity index (χ3v) is 3.37. The Hall–Kier alpha value is -0.640. The van der Waals surface area contributed by atoms with Crippen molar-refractivity contribution in [3.05, 3.63) is 0 Å². The van der Waals surface area contributed by atoms with E-state index in [1.165, 1.54) is 0 Å². The number of nitrogens with one attached hydrogen (secondary N) is 1. The molecule has 1 atom stereocenters. The lowest BCUT2D eigenvalue weighted by atomic mass is 9.61. The summed E-state index contributed by atoms with van der Waals surface area (Å²) >= 11 is 0. The second-order valence-corrected chi connectivity index (χ2v) is 3.90. The fraction of sp³-hybridized carbons (Fsp3) is 0.875. The van der Waals surface area contributed by atoms with Crippen molar-refractivity contribution < 1.29 is 9.18 Å². The van der Waals surface area contributed by atoms with Crippen molar-refractivity contribution in [3.8, 4) is 0 Å². The Morgan fingerprint density at radius 2 is 2.08 bits per heavy atom. The summed E-state index contributed by atoms with van der Waals surface area (Å²) in [5.74, 6) is -0.799. The first-order valence-corrected chi connectivity index (χ1v) is 4.30. The highest BCUT2D eigenvalue weighted by molar-refractivity contribution is 5.85. The molecule has 1 amide bonds. The predicted molar refractivity (Wildman–Crippen MR) is 42.2 cm³/mol.